The van der Waals surface area contributed by atoms with E-state index < -0.39 is 85.5 Å². The highest BCUT2D eigenvalue weighted by atomic mass is 16.6. The fourth-order valence-electron chi connectivity index (χ4n) is 1.48. The molecule has 0 aromatic carbocycles. The minimum Gasteiger partial charge on any atom is -0.481 e. The zero-order valence-electron chi connectivity index (χ0n) is 15.7. The predicted octanol–water partition coefficient (Wildman–Crippen LogP) is -2.30. The molecule has 0 aliphatic heterocycles. The molecule has 0 aromatic heterocycles. The fourth-order valence-corrected chi connectivity index (χ4v) is 1.48. The highest BCUT2D eigenvalue weighted by molar-refractivity contribution is 5.84. The van der Waals surface area contributed by atoms with Gasteiger partial charge < -0.3 is 45.2 Å². The number of aliphatic carboxylic acids is 6. The van der Waals surface area contributed by atoms with Crippen LogP contribution in [-0.2, 0) is 43.0 Å². The zero-order chi connectivity index (χ0) is 24.9. The molecule has 4 unspecified atom stereocenters. The van der Waals surface area contributed by atoms with Crippen LogP contribution >= 0.6 is 0 Å². The first-order valence-corrected chi connectivity index (χ1v) is 7.96. The molecule has 0 bridgehead atoms. The van der Waals surface area contributed by atoms with Crippen molar-refractivity contribution in [1.29, 1.82) is 0 Å². The molecule has 0 saturated carbocycles. The van der Waals surface area contributed by atoms with Crippen LogP contribution in [0.3, 0.4) is 0 Å². The average molecular weight is 456 g/mol. The summed E-state index contributed by atoms with van der Waals surface area (Å²) in [6.45, 7) is 1.09. The van der Waals surface area contributed by atoms with E-state index in [0.29, 0.717) is 0 Å². The summed E-state index contributed by atoms with van der Waals surface area (Å²) in [6, 6.07) is 0. The normalized spacial score (nSPS) is 13.9. The average Bonchev–Trinajstić information content (AvgIpc) is 2.58. The first-order valence-electron chi connectivity index (χ1n) is 7.96. The molecule has 16 heteroatoms. The predicted molar refractivity (Wildman–Crippen MR) is 89.9 cm³/mol. The zero-order valence-corrected chi connectivity index (χ0v) is 15.7. The van der Waals surface area contributed by atoms with E-state index in [9.17, 15) is 33.6 Å². The maximum atomic E-state index is 10.7. The van der Waals surface area contributed by atoms with E-state index in [1.165, 1.54) is 0 Å². The number of carbonyl (C=O) groups excluding carboxylic acids is 1. The summed E-state index contributed by atoms with van der Waals surface area (Å²) >= 11 is 0. The first-order chi connectivity index (χ1) is 14.1. The van der Waals surface area contributed by atoms with Gasteiger partial charge in [0.15, 0.2) is 12.2 Å². The topological polar surface area (TPSA) is 280 Å². The molecule has 16 nitrogen and oxygen atoms in total. The standard InChI is InChI=1S/C8H10O9.C7H10O7/c9-5(10)1-3(7(13)14)17-4(8(15)16)2-6(11)12;1-3(8)7(13)14-4(6(11)12)2-5(9)10/h3-4H,1-2H2,(H,9,10)(H,11,12)(H,13,14)(H,15,16);3-4,8H,2H2,1H3,(H,9,10)(H,11,12). The van der Waals surface area contributed by atoms with Gasteiger partial charge in [0.2, 0.25) is 6.10 Å². The van der Waals surface area contributed by atoms with Crippen molar-refractivity contribution in [3.63, 3.8) is 0 Å². The largest absolute Gasteiger partial charge is 0.481 e. The number of carboxylic acids is 6. The van der Waals surface area contributed by atoms with E-state index in [0.717, 1.165) is 6.92 Å². The second-order valence-electron chi connectivity index (χ2n) is 5.52. The number of rotatable bonds is 13. The van der Waals surface area contributed by atoms with Crippen LogP contribution in [0.15, 0.2) is 0 Å². The molecule has 0 rings (SSSR count). The van der Waals surface area contributed by atoms with Gasteiger partial charge in [-0.15, -0.1) is 0 Å². The molecule has 31 heavy (non-hydrogen) atoms. The third-order valence-electron chi connectivity index (χ3n) is 2.83. The molecule has 0 aliphatic carbocycles. The molecular formula is C15H20O16. The summed E-state index contributed by atoms with van der Waals surface area (Å²) < 4.78 is 8.65. The number of carbonyl (C=O) groups is 7. The second-order valence-corrected chi connectivity index (χ2v) is 5.52. The van der Waals surface area contributed by atoms with Gasteiger partial charge in [0.1, 0.15) is 6.10 Å². The molecule has 7 N–H and O–H groups in total. The van der Waals surface area contributed by atoms with Gasteiger partial charge in [-0.3, -0.25) is 14.4 Å². The molecule has 176 valence electrons. The van der Waals surface area contributed by atoms with E-state index in [-0.39, 0.29) is 0 Å². The van der Waals surface area contributed by atoms with Crippen molar-refractivity contribution in [3.05, 3.63) is 0 Å². The maximum absolute atomic E-state index is 10.7. The Balaban J connectivity index is 0. The van der Waals surface area contributed by atoms with Gasteiger partial charge in [0, 0.05) is 0 Å². The van der Waals surface area contributed by atoms with E-state index in [1.54, 1.807) is 0 Å². The Bertz CT molecular complexity index is 663. The smallest absolute Gasteiger partial charge is 0.345 e. The minimum absolute atomic E-state index is 0.839. The number of carboxylic acid groups (broad SMARTS) is 6. The highest BCUT2D eigenvalue weighted by Crippen LogP contribution is 2.08. The third kappa shape index (κ3) is 14.8. The summed E-state index contributed by atoms with van der Waals surface area (Å²) in [7, 11) is 0. The number of hydrogen-bond donors (Lipinski definition) is 7. The number of aliphatic hydroxyl groups excluding tert-OH is 1. The number of hydrogen-bond acceptors (Lipinski definition) is 10. The Labute approximate surface area is 172 Å². The Hall–Kier alpha value is -3.79. The van der Waals surface area contributed by atoms with Crippen LogP contribution in [0.5, 0.6) is 0 Å². The van der Waals surface area contributed by atoms with Crippen LogP contribution in [0.1, 0.15) is 26.2 Å². The van der Waals surface area contributed by atoms with Crippen LogP contribution in [-0.4, -0.2) is 102 Å². The van der Waals surface area contributed by atoms with Crippen molar-refractivity contribution in [3.8, 4) is 0 Å². The lowest BCUT2D eigenvalue weighted by Gasteiger charge is -2.16. The summed E-state index contributed by atoms with van der Waals surface area (Å²) in [4.78, 5) is 72.9. The van der Waals surface area contributed by atoms with Gasteiger partial charge in [-0.05, 0) is 6.92 Å². The number of ether oxygens (including phenoxy) is 2. The van der Waals surface area contributed by atoms with Crippen LogP contribution < -0.4 is 0 Å². The van der Waals surface area contributed by atoms with Crippen LogP contribution in [0.25, 0.3) is 0 Å². The highest BCUT2D eigenvalue weighted by Gasteiger charge is 2.31. The van der Waals surface area contributed by atoms with Gasteiger partial charge in [0.05, 0.1) is 19.3 Å². The monoisotopic (exact) mass is 456 g/mol. The maximum Gasteiger partial charge on any atom is 0.345 e. The third-order valence-corrected chi connectivity index (χ3v) is 2.83. The number of aliphatic hydroxyl groups is 1. The molecule has 0 heterocycles. The van der Waals surface area contributed by atoms with Crippen molar-refractivity contribution < 1.29 is 78.8 Å². The Morgan fingerprint density at radius 1 is 0.613 bits per heavy atom. The molecule has 4 atom stereocenters. The van der Waals surface area contributed by atoms with Crippen LogP contribution in [0, 0.1) is 0 Å². The van der Waals surface area contributed by atoms with Crippen LogP contribution in [0.4, 0.5) is 0 Å². The molecular weight excluding hydrogens is 436 g/mol. The van der Waals surface area contributed by atoms with E-state index >= 15 is 0 Å². The molecule has 0 saturated heterocycles. The summed E-state index contributed by atoms with van der Waals surface area (Å²) in [6.07, 6.45) is -9.83. The second kappa shape index (κ2) is 14.2. The number of esters is 1. The van der Waals surface area contributed by atoms with Gasteiger partial charge in [0.25, 0.3) is 0 Å². The molecule has 0 radical (unpaired) electrons. The summed E-state index contributed by atoms with van der Waals surface area (Å²) in [5, 5.41) is 59.2. The molecule has 0 spiro atoms. The van der Waals surface area contributed by atoms with Gasteiger partial charge in [-0.2, -0.15) is 0 Å². The van der Waals surface area contributed by atoms with Crippen molar-refractivity contribution in [2.24, 2.45) is 0 Å². The van der Waals surface area contributed by atoms with Gasteiger partial charge >= 0.3 is 41.8 Å². The van der Waals surface area contributed by atoms with Crippen molar-refractivity contribution in [1.82, 2.24) is 0 Å². The summed E-state index contributed by atoms with van der Waals surface area (Å²) in [5.74, 6) is -10.5. The fraction of sp³-hybridized carbons (Fsp3) is 0.533. The lowest BCUT2D eigenvalue weighted by Crippen LogP contribution is -2.36. The Morgan fingerprint density at radius 3 is 1.13 bits per heavy atom. The quantitative estimate of drug-likeness (QED) is 0.143. The lowest BCUT2D eigenvalue weighted by molar-refractivity contribution is -0.172. The first kappa shape index (κ1) is 29.4. The molecule has 0 amide bonds. The lowest BCUT2D eigenvalue weighted by atomic mass is 10.2. The van der Waals surface area contributed by atoms with Crippen LogP contribution in [0.2, 0.25) is 0 Å². The summed E-state index contributed by atoms with van der Waals surface area (Å²) in [5.41, 5.74) is 0. The van der Waals surface area contributed by atoms with Gasteiger partial charge in [-0.25, -0.2) is 19.2 Å². The Kier molecular flexibility index (Phi) is 13.5. The molecule has 0 fully saturated rings. The van der Waals surface area contributed by atoms with E-state index in [1.807, 2.05) is 0 Å². The van der Waals surface area contributed by atoms with Crippen molar-refractivity contribution >= 4 is 41.8 Å². The van der Waals surface area contributed by atoms with Crippen molar-refractivity contribution in [2.75, 3.05) is 0 Å². The minimum atomic E-state index is -1.91. The Morgan fingerprint density at radius 2 is 0.903 bits per heavy atom. The van der Waals surface area contributed by atoms with E-state index in [4.69, 9.17) is 35.7 Å². The molecule has 0 aliphatic rings. The van der Waals surface area contributed by atoms with Crippen molar-refractivity contribution in [2.45, 2.75) is 50.6 Å². The molecule has 0 aromatic rings. The SMILES string of the molecule is CC(O)C(=O)OC(CC(=O)O)C(=O)O.O=C(O)CC(OC(CC(=O)O)C(=O)O)C(=O)O. The van der Waals surface area contributed by atoms with Gasteiger partial charge in [-0.1, -0.05) is 0 Å². The van der Waals surface area contributed by atoms with E-state index in [2.05, 4.69) is 9.47 Å².